The van der Waals surface area contributed by atoms with Crippen molar-refractivity contribution < 1.29 is 19.1 Å². The number of benzene rings is 1. The molecule has 1 aliphatic carbocycles. The van der Waals surface area contributed by atoms with Gasteiger partial charge in [0, 0.05) is 70.1 Å². The molecule has 1 saturated carbocycles. The third-order valence-corrected chi connectivity index (χ3v) is 10.1. The first kappa shape index (κ1) is 27.7. The molecule has 0 N–H and O–H groups in total. The summed E-state index contributed by atoms with van der Waals surface area (Å²) in [6.45, 7) is 5.78. The second-order valence-corrected chi connectivity index (χ2v) is 12.8. The number of carbonyl (C=O) groups is 3. The van der Waals surface area contributed by atoms with Crippen LogP contribution in [0.4, 0.5) is 0 Å². The van der Waals surface area contributed by atoms with Gasteiger partial charge in [-0.1, -0.05) is 36.2 Å². The number of piperidine rings is 1. The van der Waals surface area contributed by atoms with Crippen LogP contribution in [-0.4, -0.2) is 84.9 Å². The van der Waals surface area contributed by atoms with Gasteiger partial charge in [0.1, 0.15) is 0 Å². The maximum Gasteiger partial charge on any atom is 0.228 e. The fourth-order valence-electron chi connectivity index (χ4n) is 6.33. The second kappa shape index (κ2) is 11.3. The summed E-state index contributed by atoms with van der Waals surface area (Å²) in [5, 5.41) is 0.966. The van der Waals surface area contributed by atoms with Gasteiger partial charge in [-0.05, 0) is 62.1 Å². The lowest BCUT2D eigenvalue weighted by Crippen LogP contribution is -2.46. The van der Waals surface area contributed by atoms with Gasteiger partial charge in [0.05, 0.1) is 16.1 Å². The Hall–Kier alpha value is -1.83. The van der Waals surface area contributed by atoms with E-state index in [-0.39, 0.29) is 41.0 Å². The first-order valence-electron chi connectivity index (χ1n) is 14.0. The van der Waals surface area contributed by atoms with Crippen LogP contribution in [0.5, 0.6) is 0 Å². The summed E-state index contributed by atoms with van der Waals surface area (Å²) in [6.07, 6.45) is 5.64. The van der Waals surface area contributed by atoms with Gasteiger partial charge in [0.15, 0.2) is 0 Å². The molecule has 3 heterocycles. The molecule has 1 aromatic carbocycles. The van der Waals surface area contributed by atoms with E-state index in [1.807, 2.05) is 40.8 Å². The highest BCUT2D eigenvalue weighted by molar-refractivity contribution is 6.42. The molecule has 3 amide bonds. The monoisotopic (exact) mass is 563 g/mol. The van der Waals surface area contributed by atoms with Crippen molar-refractivity contribution in [3.05, 3.63) is 33.8 Å². The van der Waals surface area contributed by atoms with Crippen molar-refractivity contribution in [1.82, 2.24) is 14.7 Å². The minimum absolute atomic E-state index is 0.0474. The molecule has 4 aliphatic rings. The largest absolute Gasteiger partial charge is 0.381 e. The van der Waals surface area contributed by atoms with Crippen molar-refractivity contribution >= 4 is 40.9 Å². The number of rotatable bonds is 6. The predicted molar refractivity (Wildman–Crippen MR) is 147 cm³/mol. The molecule has 5 rings (SSSR count). The molecule has 0 spiro atoms. The quantitative estimate of drug-likeness (QED) is 0.507. The van der Waals surface area contributed by atoms with E-state index in [1.165, 1.54) is 0 Å². The Morgan fingerprint density at radius 2 is 1.68 bits per heavy atom. The first-order chi connectivity index (χ1) is 18.2. The summed E-state index contributed by atoms with van der Waals surface area (Å²) in [4.78, 5) is 45.5. The van der Waals surface area contributed by atoms with Crippen molar-refractivity contribution in [1.29, 1.82) is 0 Å². The first-order valence-corrected chi connectivity index (χ1v) is 14.8. The molecule has 208 valence electrons. The number of halogens is 2. The second-order valence-electron chi connectivity index (χ2n) is 12.0. The Labute approximate surface area is 235 Å². The third kappa shape index (κ3) is 5.85. The van der Waals surface area contributed by atoms with E-state index in [0.717, 1.165) is 31.2 Å². The zero-order valence-electron chi connectivity index (χ0n) is 22.5. The smallest absolute Gasteiger partial charge is 0.228 e. The van der Waals surface area contributed by atoms with Crippen molar-refractivity contribution in [3.63, 3.8) is 0 Å². The molecule has 0 aromatic heterocycles. The van der Waals surface area contributed by atoms with Crippen LogP contribution in [0.1, 0.15) is 63.4 Å². The summed E-state index contributed by atoms with van der Waals surface area (Å²) in [6, 6.07) is 5.48. The highest BCUT2D eigenvalue weighted by Crippen LogP contribution is 2.47. The van der Waals surface area contributed by atoms with E-state index in [1.54, 1.807) is 6.07 Å². The lowest BCUT2D eigenvalue weighted by molar-refractivity contribution is -0.142. The van der Waals surface area contributed by atoms with Gasteiger partial charge in [0.25, 0.3) is 0 Å². The normalized spacial score (nSPS) is 25.9. The van der Waals surface area contributed by atoms with E-state index in [9.17, 15) is 14.4 Å². The Bertz CT molecular complexity index is 1060. The number of hydrogen-bond acceptors (Lipinski definition) is 4. The van der Waals surface area contributed by atoms with E-state index < -0.39 is 0 Å². The number of carbonyl (C=O) groups excluding carboxylic acids is 3. The van der Waals surface area contributed by atoms with Crippen LogP contribution in [0.3, 0.4) is 0 Å². The third-order valence-electron chi connectivity index (χ3n) is 9.32. The summed E-state index contributed by atoms with van der Waals surface area (Å²) >= 11 is 12.6. The molecule has 0 unspecified atom stereocenters. The standard InChI is InChI=1S/C29H39Cl2N3O4/c1-29(9-10-29)28(37)33-11-5-20(6-12-33)27(36)34-17-22(21-3-4-23(30)24(31)16-21)25(18-34)32(2)26(35)15-19-7-13-38-14-8-19/h3-4,16,19-20,22,25H,5-15,17-18H2,1-2H3/t22-,25+/m1/s1. The van der Waals surface area contributed by atoms with Crippen LogP contribution >= 0.6 is 23.2 Å². The van der Waals surface area contributed by atoms with Crippen molar-refractivity contribution in [2.75, 3.05) is 46.4 Å². The highest BCUT2D eigenvalue weighted by Gasteiger charge is 2.48. The molecule has 2 atom stereocenters. The molecule has 0 radical (unpaired) electrons. The van der Waals surface area contributed by atoms with Gasteiger partial charge in [-0.15, -0.1) is 0 Å². The van der Waals surface area contributed by atoms with Crippen LogP contribution in [0.25, 0.3) is 0 Å². The maximum absolute atomic E-state index is 13.7. The maximum atomic E-state index is 13.7. The zero-order valence-corrected chi connectivity index (χ0v) is 24.0. The number of nitrogens with zero attached hydrogens (tertiary/aromatic N) is 3. The number of ether oxygens (including phenoxy) is 1. The van der Waals surface area contributed by atoms with Crippen LogP contribution < -0.4 is 0 Å². The van der Waals surface area contributed by atoms with Crippen LogP contribution in [0.2, 0.25) is 10.0 Å². The number of likely N-dealkylation sites (N-methyl/N-ethyl adjacent to an activating group) is 1. The minimum Gasteiger partial charge on any atom is -0.381 e. The lowest BCUT2D eigenvalue weighted by atomic mass is 9.92. The predicted octanol–water partition coefficient (Wildman–Crippen LogP) is 4.60. The van der Waals surface area contributed by atoms with Gasteiger partial charge < -0.3 is 19.4 Å². The fraction of sp³-hybridized carbons (Fsp3) is 0.690. The van der Waals surface area contributed by atoms with Crippen molar-refractivity contribution in [3.8, 4) is 0 Å². The Morgan fingerprint density at radius 3 is 2.32 bits per heavy atom. The van der Waals surface area contributed by atoms with Crippen molar-refractivity contribution in [2.24, 2.45) is 17.3 Å². The Balaban J connectivity index is 1.27. The fourth-order valence-corrected chi connectivity index (χ4v) is 6.63. The molecule has 9 heteroatoms. The van der Waals surface area contributed by atoms with Crippen LogP contribution in [0, 0.1) is 17.3 Å². The van der Waals surface area contributed by atoms with E-state index in [4.69, 9.17) is 27.9 Å². The van der Waals surface area contributed by atoms with Gasteiger partial charge in [-0.2, -0.15) is 0 Å². The number of likely N-dealkylation sites (tertiary alicyclic amines) is 2. The van der Waals surface area contributed by atoms with Crippen LogP contribution in [-0.2, 0) is 19.1 Å². The average Bonchev–Trinajstić information content (AvgIpc) is 3.53. The summed E-state index contributed by atoms with van der Waals surface area (Å²) < 4.78 is 5.46. The summed E-state index contributed by atoms with van der Waals surface area (Å²) in [5.74, 6) is 0.687. The summed E-state index contributed by atoms with van der Waals surface area (Å²) in [7, 11) is 1.87. The van der Waals surface area contributed by atoms with Gasteiger partial charge >= 0.3 is 0 Å². The molecule has 7 nitrogen and oxygen atoms in total. The van der Waals surface area contributed by atoms with E-state index >= 15 is 0 Å². The Morgan fingerprint density at radius 1 is 1.00 bits per heavy atom. The molecule has 4 fully saturated rings. The molecular weight excluding hydrogens is 525 g/mol. The van der Waals surface area contributed by atoms with E-state index in [0.29, 0.717) is 74.6 Å². The van der Waals surface area contributed by atoms with Crippen molar-refractivity contribution in [2.45, 2.75) is 63.8 Å². The molecule has 0 bridgehead atoms. The highest BCUT2D eigenvalue weighted by atomic mass is 35.5. The van der Waals surface area contributed by atoms with E-state index in [2.05, 4.69) is 0 Å². The lowest BCUT2D eigenvalue weighted by Gasteiger charge is -2.35. The average molecular weight is 565 g/mol. The van der Waals surface area contributed by atoms with Gasteiger partial charge in [0.2, 0.25) is 17.7 Å². The Kier molecular flexibility index (Phi) is 8.28. The number of hydrogen-bond donors (Lipinski definition) is 0. The number of amides is 3. The van der Waals surface area contributed by atoms with Gasteiger partial charge in [-0.3, -0.25) is 14.4 Å². The van der Waals surface area contributed by atoms with Crippen LogP contribution in [0.15, 0.2) is 18.2 Å². The molecule has 3 aliphatic heterocycles. The summed E-state index contributed by atoms with van der Waals surface area (Å²) in [5.41, 5.74) is 0.817. The molecule has 1 aromatic rings. The topological polar surface area (TPSA) is 70.2 Å². The minimum atomic E-state index is -0.173. The van der Waals surface area contributed by atoms with Gasteiger partial charge in [-0.25, -0.2) is 0 Å². The molecule has 38 heavy (non-hydrogen) atoms. The zero-order chi connectivity index (χ0) is 27.0. The molecule has 3 saturated heterocycles. The SMILES string of the molecule is CN(C(=O)CC1CCOCC1)[C@H]1CN(C(=O)C2CCN(C(=O)C3(C)CC3)CC2)C[C@@H]1c1ccc(Cl)c(Cl)c1. The molecular formula is C29H39Cl2N3O4.